The first-order valence-electron chi connectivity index (χ1n) is 4.44. The van der Waals surface area contributed by atoms with E-state index in [9.17, 15) is 0 Å². The maximum atomic E-state index is 8.79. The number of benzene rings is 1. The van der Waals surface area contributed by atoms with Gasteiger partial charge in [0, 0.05) is 5.57 Å². The standard InChI is InChI=1S/C12H13N/c1-3-12(10(2)9-13)11-7-5-4-6-8-11/h4-8H,3H2,1-2H3/b12-10-. The second-order valence-corrected chi connectivity index (χ2v) is 2.93. The van der Waals surface area contributed by atoms with E-state index in [1.165, 1.54) is 0 Å². The average molecular weight is 171 g/mol. The number of rotatable bonds is 2. The highest BCUT2D eigenvalue weighted by Crippen LogP contribution is 2.20. The Morgan fingerprint density at radius 2 is 1.92 bits per heavy atom. The van der Waals surface area contributed by atoms with E-state index in [1.54, 1.807) is 0 Å². The molecule has 13 heavy (non-hydrogen) atoms. The topological polar surface area (TPSA) is 23.8 Å². The number of hydrogen-bond acceptors (Lipinski definition) is 1. The Morgan fingerprint density at radius 1 is 1.31 bits per heavy atom. The van der Waals surface area contributed by atoms with Crippen molar-refractivity contribution in [1.29, 1.82) is 5.26 Å². The van der Waals surface area contributed by atoms with E-state index in [4.69, 9.17) is 5.26 Å². The van der Waals surface area contributed by atoms with Crippen molar-refractivity contribution in [3.8, 4) is 6.07 Å². The van der Waals surface area contributed by atoms with Gasteiger partial charge in [-0.3, -0.25) is 0 Å². The van der Waals surface area contributed by atoms with Crippen LogP contribution < -0.4 is 0 Å². The lowest BCUT2D eigenvalue weighted by Crippen LogP contribution is -1.85. The number of nitriles is 1. The third-order valence-electron chi connectivity index (χ3n) is 2.10. The van der Waals surface area contributed by atoms with Crippen LogP contribution in [0.1, 0.15) is 25.8 Å². The molecular weight excluding hydrogens is 158 g/mol. The molecule has 0 N–H and O–H groups in total. The molecule has 1 rings (SSSR count). The summed E-state index contributed by atoms with van der Waals surface area (Å²) in [5, 5.41) is 8.79. The van der Waals surface area contributed by atoms with E-state index in [1.807, 2.05) is 37.3 Å². The fraction of sp³-hybridized carbons (Fsp3) is 0.250. The van der Waals surface area contributed by atoms with Gasteiger partial charge in [-0.25, -0.2) is 0 Å². The maximum absolute atomic E-state index is 8.79. The molecule has 0 aliphatic rings. The second-order valence-electron chi connectivity index (χ2n) is 2.93. The van der Waals surface area contributed by atoms with E-state index < -0.39 is 0 Å². The number of hydrogen-bond donors (Lipinski definition) is 0. The molecule has 0 aromatic heterocycles. The Hall–Kier alpha value is -1.55. The summed E-state index contributed by atoms with van der Waals surface area (Å²) < 4.78 is 0. The number of allylic oxidation sites excluding steroid dienone is 2. The van der Waals surface area contributed by atoms with Crippen LogP contribution in [0.5, 0.6) is 0 Å². The molecule has 0 fully saturated rings. The molecule has 1 aromatic carbocycles. The first-order chi connectivity index (χ1) is 6.29. The lowest BCUT2D eigenvalue weighted by Gasteiger charge is -2.04. The van der Waals surface area contributed by atoms with Crippen LogP contribution in [0.25, 0.3) is 5.57 Å². The Labute approximate surface area is 79.3 Å². The normalized spacial score (nSPS) is 11.8. The molecule has 1 nitrogen and oxygen atoms in total. The summed E-state index contributed by atoms with van der Waals surface area (Å²) in [6.45, 7) is 3.94. The van der Waals surface area contributed by atoms with E-state index in [0.717, 1.165) is 23.1 Å². The van der Waals surface area contributed by atoms with E-state index in [2.05, 4.69) is 13.0 Å². The van der Waals surface area contributed by atoms with E-state index in [0.29, 0.717) is 0 Å². The van der Waals surface area contributed by atoms with Crippen molar-refractivity contribution in [2.45, 2.75) is 20.3 Å². The zero-order valence-electron chi connectivity index (χ0n) is 8.04. The Bertz CT molecular complexity index is 341. The summed E-state index contributed by atoms with van der Waals surface area (Å²) in [6.07, 6.45) is 0.906. The van der Waals surface area contributed by atoms with Gasteiger partial charge in [0.05, 0.1) is 6.07 Å². The zero-order valence-corrected chi connectivity index (χ0v) is 8.04. The second kappa shape index (κ2) is 4.47. The van der Waals surface area contributed by atoms with Crippen molar-refractivity contribution >= 4 is 5.57 Å². The molecule has 0 amide bonds. The Morgan fingerprint density at radius 3 is 2.38 bits per heavy atom. The van der Waals surface area contributed by atoms with Gasteiger partial charge in [-0.05, 0) is 24.5 Å². The lowest BCUT2D eigenvalue weighted by atomic mass is 9.99. The summed E-state index contributed by atoms with van der Waals surface area (Å²) in [7, 11) is 0. The molecule has 1 heteroatoms. The molecule has 0 spiro atoms. The molecule has 0 saturated carbocycles. The molecule has 0 heterocycles. The molecule has 0 atom stereocenters. The van der Waals surface area contributed by atoms with Crippen LogP contribution >= 0.6 is 0 Å². The van der Waals surface area contributed by atoms with Gasteiger partial charge in [-0.2, -0.15) is 5.26 Å². The molecular formula is C12H13N. The van der Waals surface area contributed by atoms with Crippen molar-refractivity contribution < 1.29 is 0 Å². The summed E-state index contributed by atoms with van der Waals surface area (Å²) >= 11 is 0. The van der Waals surface area contributed by atoms with E-state index >= 15 is 0 Å². The minimum absolute atomic E-state index is 0.814. The molecule has 0 bridgehead atoms. The van der Waals surface area contributed by atoms with Crippen molar-refractivity contribution in [3.63, 3.8) is 0 Å². The smallest absolute Gasteiger partial charge is 0.0947 e. The first-order valence-corrected chi connectivity index (χ1v) is 4.44. The summed E-state index contributed by atoms with van der Waals surface area (Å²) in [6, 6.07) is 12.3. The predicted molar refractivity (Wildman–Crippen MR) is 54.9 cm³/mol. The van der Waals surface area contributed by atoms with Gasteiger partial charge in [0.2, 0.25) is 0 Å². The van der Waals surface area contributed by atoms with Crippen LogP contribution in [0.2, 0.25) is 0 Å². The monoisotopic (exact) mass is 171 g/mol. The zero-order chi connectivity index (χ0) is 9.68. The molecule has 0 radical (unpaired) electrons. The highest BCUT2D eigenvalue weighted by molar-refractivity contribution is 5.70. The largest absolute Gasteiger partial charge is 0.193 e. The van der Waals surface area contributed by atoms with Gasteiger partial charge < -0.3 is 0 Å². The first kappa shape index (κ1) is 9.54. The van der Waals surface area contributed by atoms with Gasteiger partial charge in [0.1, 0.15) is 0 Å². The molecule has 0 aliphatic heterocycles. The van der Waals surface area contributed by atoms with Crippen LogP contribution in [-0.4, -0.2) is 0 Å². The molecule has 0 saturated heterocycles. The van der Waals surface area contributed by atoms with Crippen molar-refractivity contribution in [1.82, 2.24) is 0 Å². The van der Waals surface area contributed by atoms with Gasteiger partial charge in [-0.1, -0.05) is 37.3 Å². The SMILES string of the molecule is CC/C(=C(\C)C#N)c1ccccc1. The van der Waals surface area contributed by atoms with Gasteiger partial charge >= 0.3 is 0 Å². The minimum Gasteiger partial charge on any atom is -0.193 e. The summed E-state index contributed by atoms with van der Waals surface area (Å²) in [4.78, 5) is 0. The summed E-state index contributed by atoms with van der Waals surface area (Å²) in [5.41, 5.74) is 3.11. The maximum Gasteiger partial charge on any atom is 0.0947 e. The Kier molecular flexibility index (Phi) is 3.28. The van der Waals surface area contributed by atoms with Crippen LogP contribution in [-0.2, 0) is 0 Å². The van der Waals surface area contributed by atoms with E-state index in [-0.39, 0.29) is 0 Å². The van der Waals surface area contributed by atoms with Crippen molar-refractivity contribution in [3.05, 3.63) is 41.5 Å². The van der Waals surface area contributed by atoms with Crippen LogP contribution in [0.3, 0.4) is 0 Å². The van der Waals surface area contributed by atoms with Gasteiger partial charge in [-0.15, -0.1) is 0 Å². The highest BCUT2D eigenvalue weighted by atomic mass is 14.2. The number of nitrogens with zero attached hydrogens (tertiary/aromatic N) is 1. The molecule has 0 unspecified atom stereocenters. The van der Waals surface area contributed by atoms with Gasteiger partial charge in [0.15, 0.2) is 0 Å². The summed E-state index contributed by atoms with van der Waals surface area (Å²) in [5.74, 6) is 0. The van der Waals surface area contributed by atoms with Crippen LogP contribution in [0.4, 0.5) is 0 Å². The van der Waals surface area contributed by atoms with Crippen molar-refractivity contribution in [2.75, 3.05) is 0 Å². The predicted octanol–water partition coefficient (Wildman–Crippen LogP) is 3.39. The third-order valence-corrected chi connectivity index (χ3v) is 2.10. The highest BCUT2D eigenvalue weighted by Gasteiger charge is 2.01. The molecule has 1 aromatic rings. The average Bonchev–Trinajstić information content (AvgIpc) is 2.20. The molecule has 66 valence electrons. The van der Waals surface area contributed by atoms with Crippen molar-refractivity contribution in [2.24, 2.45) is 0 Å². The third kappa shape index (κ3) is 2.19. The van der Waals surface area contributed by atoms with Gasteiger partial charge in [0.25, 0.3) is 0 Å². The fourth-order valence-corrected chi connectivity index (χ4v) is 1.39. The molecule has 0 aliphatic carbocycles. The van der Waals surface area contributed by atoms with Crippen LogP contribution in [0.15, 0.2) is 35.9 Å². The quantitative estimate of drug-likeness (QED) is 0.626. The Balaban J connectivity index is 3.14. The lowest BCUT2D eigenvalue weighted by molar-refractivity contribution is 1.21. The fourth-order valence-electron chi connectivity index (χ4n) is 1.39. The minimum atomic E-state index is 0.814. The van der Waals surface area contributed by atoms with Crippen LogP contribution in [0, 0.1) is 11.3 Å².